The predicted octanol–water partition coefficient (Wildman–Crippen LogP) is 6.19. The van der Waals surface area contributed by atoms with Crippen molar-refractivity contribution >= 4 is 11.9 Å². The third-order valence-corrected chi connectivity index (χ3v) is 9.40. The number of likely N-dealkylation sites (tertiary alicyclic amines) is 1. The summed E-state index contributed by atoms with van der Waals surface area (Å²) in [4.78, 5) is 27.3. The fourth-order valence-corrected chi connectivity index (χ4v) is 6.66. The summed E-state index contributed by atoms with van der Waals surface area (Å²) in [7, 11) is 0. The van der Waals surface area contributed by atoms with E-state index in [1.807, 2.05) is 35.2 Å². The minimum atomic E-state index is -5.08. The van der Waals surface area contributed by atoms with E-state index >= 15 is 0 Å². The number of hydrogen-bond donors (Lipinski definition) is 1. The number of carboxylic acids is 1. The van der Waals surface area contributed by atoms with Crippen LogP contribution in [0.3, 0.4) is 0 Å². The third kappa shape index (κ3) is 4.57. The molecule has 0 radical (unpaired) electrons. The number of benzene rings is 2. The van der Waals surface area contributed by atoms with Gasteiger partial charge in [0.05, 0.1) is 11.5 Å². The highest BCUT2D eigenvalue weighted by Gasteiger charge is 2.57. The van der Waals surface area contributed by atoms with Gasteiger partial charge in [-0.3, -0.25) is 9.59 Å². The molecule has 5 nitrogen and oxygen atoms in total. The van der Waals surface area contributed by atoms with Crippen LogP contribution in [0.1, 0.15) is 62.6 Å². The molecule has 1 saturated carbocycles. The maximum absolute atomic E-state index is 14.8. The number of amides is 1. The fraction of sp³-hybridized carbons (Fsp3) is 0.533. The summed E-state index contributed by atoms with van der Waals surface area (Å²) >= 11 is 0. The topological polar surface area (TPSA) is 66.8 Å². The first-order chi connectivity index (χ1) is 18.3. The minimum absolute atomic E-state index is 0.0283. The Kier molecular flexibility index (Phi) is 6.71. The highest BCUT2D eigenvalue weighted by Crippen LogP contribution is 2.52. The molecule has 9 heteroatoms. The minimum Gasteiger partial charge on any atom is -0.491 e. The van der Waals surface area contributed by atoms with Crippen LogP contribution in [0.15, 0.2) is 48.5 Å². The molecule has 2 aromatic rings. The summed E-state index contributed by atoms with van der Waals surface area (Å²) in [5, 5.41) is 9.57. The Hall–Kier alpha value is -3.10. The third-order valence-electron chi connectivity index (χ3n) is 9.40. The van der Waals surface area contributed by atoms with Crippen LogP contribution in [-0.2, 0) is 27.1 Å². The second-order valence-electron chi connectivity index (χ2n) is 11.8. The van der Waals surface area contributed by atoms with Crippen molar-refractivity contribution in [2.75, 3.05) is 13.2 Å². The van der Waals surface area contributed by atoms with Crippen LogP contribution in [-0.4, -0.2) is 47.3 Å². The van der Waals surface area contributed by atoms with Crippen LogP contribution in [0, 0.1) is 11.3 Å². The number of ether oxygens (including phenoxy) is 1. The van der Waals surface area contributed by atoms with E-state index in [0.29, 0.717) is 57.6 Å². The molecule has 0 spiro atoms. The Morgan fingerprint density at radius 3 is 2.33 bits per heavy atom. The second kappa shape index (κ2) is 9.52. The van der Waals surface area contributed by atoms with Gasteiger partial charge in [0.15, 0.2) is 0 Å². The van der Waals surface area contributed by atoms with Gasteiger partial charge in [0.1, 0.15) is 12.4 Å². The van der Waals surface area contributed by atoms with E-state index in [1.54, 1.807) is 6.92 Å². The van der Waals surface area contributed by atoms with E-state index in [-0.39, 0.29) is 30.2 Å². The molecule has 3 atom stereocenters. The number of carboxylic acid groups (broad SMARTS) is 1. The van der Waals surface area contributed by atoms with Gasteiger partial charge in [0.25, 0.3) is 0 Å². The Morgan fingerprint density at radius 2 is 1.72 bits per heavy atom. The Morgan fingerprint density at radius 1 is 1.05 bits per heavy atom. The van der Waals surface area contributed by atoms with Gasteiger partial charge in [0, 0.05) is 29.0 Å². The molecule has 2 fully saturated rings. The molecule has 5 rings (SSSR count). The van der Waals surface area contributed by atoms with Gasteiger partial charge < -0.3 is 14.7 Å². The van der Waals surface area contributed by atoms with Crippen LogP contribution >= 0.6 is 0 Å². The Balaban J connectivity index is 1.48. The van der Waals surface area contributed by atoms with Crippen molar-refractivity contribution in [2.45, 2.75) is 75.7 Å². The van der Waals surface area contributed by atoms with Gasteiger partial charge in [0.2, 0.25) is 11.6 Å². The van der Waals surface area contributed by atoms with E-state index in [4.69, 9.17) is 4.74 Å². The Bertz CT molecular complexity index is 1250. The van der Waals surface area contributed by atoms with Gasteiger partial charge in [-0.15, -0.1) is 0 Å². The summed E-state index contributed by atoms with van der Waals surface area (Å²) in [5.41, 5.74) is -3.78. The number of aliphatic carboxylic acids is 1. The van der Waals surface area contributed by atoms with E-state index in [9.17, 15) is 32.3 Å². The van der Waals surface area contributed by atoms with E-state index in [2.05, 4.69) is 0 Å². The number of carbonyl (C=O) groups is 2. The number of fused-ring (bicyclic) bond motifs is 3. The number of carbonyl (C=O) groups excluding carboxylic acids is 1. The molecule has 2 heterocycles. The first-order valence-corrected chi connectivity index (χ1v) is 13.4. The van der Waals surface area contributed by atoms with Crippen molar-refractivity contribution in [1.82, 2.24) is 4.90 Å². The first kappa shape index (κ1) is 27.5. The summed E-state index contributed by atoms with van der Waals surface area (Å²) in [6, 6.07) is 13.2. The zero-order valence-electron chi connectivity index (χ0n) is 22.1. The van der Waals surface area contributed by atoms with Crippen molar-refractivity contribution in [3.8, 4) is 5.75 Å². The lowest BCUT2D eigenvalue weighted by atomic mass is 9.68. The largest absolute Gasteiger partial charge is 0.491 e. The summed E-state index contributed by atoms with van der Waals surface area (Å²) in [5.74, 6) is -0.938. The molecule has 2 aromatic carbocycles. The van der Waals surface area contributed by atoms with Gasteiger partial charge in [-0.1, -0.05) is 42.5 Å². The molecule has 0 aromatic heterocycles. The lowest BCUT2D eigenvalue weighted by molar-refractivity contribution is -0.228. The normalized spacial score (nSPS) is 30.1. The molecule has 1 saturated heterocycles. The molecule has 3 aliphatic rings. The predicted molar refractivity (Wildman–Crippen MR) is 136 cm³/mol. The molecule has 2 aliphatic heterocycles. The molecule has 1 N–H and O–H groups in total. The molecule has 39 heavy (non-hydrogen) atoms. The van der Waals surface area contributed by atoms with Crippen LogP contribution < -0.4 is 4.74 Å². The number of rotatable bonds is 5. The maximum atomic E-state index is 14.8. The summed E-state index contributed by atoms with van der Waals surface area (Å²) in [6.45, 7) is 2.77. The lowest BCUT2D eigenvalue weighted by Gasteiger charge is -2.44. The molecule has 1 amide bonds. The summed E-state index contributed by atoms with van der Waals surface area (Å²) < 4.78 is 61.1. The zero-order chi connectivity index (χ0) is 28.2. The van der Waals surface area contributed by atoms with Crippen molar-refractivity contribution in [3.05, 3.63) is 65.2 Å². The van der Waals surface area contributed by atoms with Crippen LogP contribution in [0.2, 0.25) is 0 Å². The average molecular weight is 548 g/mol. The molecular formula is C30H33F4NO4. The SMILES string of the molecule is CC1(C(=O)O)CCC(C(=O)N2CCC3(Cc4ccccc4)c4ccc(C(C)(F)C(F)(F)F)cc4OCC23)CC1. The highest BCUT2D eigenvalue weighted by atomic mass is 19.4. The fourth-order valence-electron chi connectivity index (χ4n) is 6.66. The number of nitrogens with zero attached hydrogens (tertiary/aromatic N) is 1. The molecular weight excluding hydrogens is 514 g/mol. The van der Waals surface area contributed by atoms with Crippen molar-refractivity contribution in [2.24, 2.45) is 11.3 Å². The summed E-state index contributed by atoms with van der Waals surface area (Å²) in [6.07, 6.45) is -2.11. The second-order valence-corrected chi connectivity index (χ2v) is 11.8. The number of hydrogen-bond acceptors (Lipinski definition) is 3. The maximum Gasteiger partial charge on any atom is 0.426 e. The van der Waals surface area contributed by atoms with Gasteiger partial charge >= 0.3 is 12.1 Å². The lowest BCUT2D eigenvalue weighted by Crippen LogP contribution is -2.53. The monoisotopic (exact) mass is 547 g/mol. The Labute approximate surface area is 225 Å². The van der Waals surface area contributed by atoms with Crippen LogP contribution in [0.5, 0.6) is 5.75 Å². The van der Waals surface area contributed by atoms with Crippen LogP contribution in [0.4, 0.5) is 17.6 Å². The van der Waals surface area contributed by atoms with Crippen molar-refractivity contribution in [1.29, 1.82) is 0 Å². The van der Waals surface area contributed by atoms with Gasteiger partial charge in [-0.2, -0.15) is 13.2 Å². The highest BCUT2D eigenvalue weighted by molar-refractivity contribution is 5.81. The van der Waals surface area contributed by atoms with Crippen molar-refractivity contribution in [3.63, 3.8) is 0 Å². The smallest absolute Gasteiger partial charge is 0.426 e. The first-order valence-electron chi connectivity index (χ1n) is 13.4. The molecule has 3 unspecified atom stereocenters. The number of alkyl halides is 4. The van der Waals surface area contributed by atoms with E-state index in [0.717, 1.165) is 11.6 Å². The molecule has 0 bridgehead atoms. The van der Waals surface area contributed by atoms with Crippen LogP contribution in [0.25, 0.3) is 0 Å². The average Bonchev–Trinajstić information content (AvgIpc) is 3.27. The standard InChI is InChI=1S/C30H33F4NO4/c1-27(26(37)38)12-10-20(11-13-27)25(36)35-15-14-29(17-19-6-4-3-5-7-19)22-9-8-21(28(2,31)30(32,33)34)16-23(22)39-18-24(29)35/h3-9,16,20,24H,10-15,17-18H2,1-2H3,(H,37,38). The molecule has 1 aliphatic carbocycles. The van der Waals surface area contributed by atoms with Crippen molar-refractivity contribution < 1.29 is 37.0 Å². The van der Waals surface area contributed by atoms with Gasteiger partial charge in [-0.25, -0.2) is 4.39 Å². The van der Waals surface area contributed by atoms with E-state index in [1.165, 1.54) is 12.1 Å². The number of halogens is 4. The zero-order valence-corrected chi connectivity index (χ0v) is 22.1. The van der Waals surface area contributed by atoms with E-state index < -0.39 is 34.2 Å². The quantitative estimate of drug-likeness (QED) is 0.454. The molecule has 210 valence electrons. The van der Waals surface area contributed by atoms with Gasteiger partial charge in [-0.05, 0) is 64.0 Å².